The Hall–Kier alpha value is -2.31. The Kier molecular flexibility index (Phi) is 4.02. The molecule has 0 radical (unpaired) electrons. The Balaban J connectivity index is 2.26. The zero-order valence-electron chi connectivity index (χ0n) is 11.2. The number of nitrogen functional groups attached to an aromatic ring is 1. The van der Waals surface area contributed by atoms with Gasteiger partial charge in [0.1, 0.15) is 11.5 Å². The van der Waals surface area contributed by atoms with Gasteiger partial charge in [0.2, 0.25) is 0 Å². The van der Waals surface area contributed by atoms with E-state index < -0.39 is 11.9 Å². The van der Waals surface area contributed by atoms with Crippen LogP contribution in [0, 0.1) is 5.82 Å². The van der Waals surface area contributed by atoms with E-state index in [0.717, 1.165) is 17.8 Å². The molecule has 0 saturated heterocycles. The Morgan fingerprint density at radius 2 is 1.81 bits per heavy atom. The largest absolute Gasteiger partial charge is 0.433 e. The number of nitrogens with two attached hydrogens (primary N) is 1. The molecule has 0 aliphatic carbocycles. The second kappa shape index (κ2) is 5.59. The number of benzene rings is 1. The smallest absolute Gasteiger partial charge is 0.396 e. The average Bonchev–Trinajstić information content (AvgIpc) is 2.40. The van der Waals surface area contributed by atoms with Gasteiger partial charge in [0, 0.05) is 13.6 Å². The minimum atomic E-state index is -4.53. The molecule has 3 nitrogen and oxygen atoms in total. The number of rotatable bonds is 3. The van der Waals surface area contributed by atoms with Gasteiger partial charge in [0.25, 0.3) is 0 Å². The summed E-state index contributed by atoms with van der Waals surface area (Å²) in [6, 6.07) is 6.61. The topological polar surface area (TPSA) is 42.2 Å². The van der Waals surface area contributed by atoms with Gasteiger partial charge in [-0.3, -0.25) is 0 Å². The molecule has 0 aliphatic rings. The molecular formula is C14H13F4N3. The fraction of sp³-hybridized carbons (Fsp3) is 0.214. The standard InChI is InChI=1S/C14H13F4N3/c1-21(8-9-2-4-10(15)5-3-9)12-6-13(14(16,17)18)20-7-11(12)19/h2-7H,8,19H2,1H3. The first kappa shape index (κ1) is 15.1. The van der Waals surface area contributed by atoms with E-state index in [4.69, 9.17) is 5.73 Å². The van der Waals surface area contributed by atoms with Gasteiger partial charge < -0.3 is 10.6 Å². The average molecular weight is 299 g/mol. The summed E-state index contributed by atoms with van der Waals surface area (Å²) in [5.41, 5.74) is 5.80. The first-order chi connectivity index (χ1) is 9.77. The monoisotopic (exact) mass is 299 g/mol. The number of alkyl halides is 3. The molecule has 1 aromatic carbocycles. The predicted molar refractivity (Wildman–Crippen MR) is 72.2 cm³/mol. The molecule has 0 saturated carbocycles. The highest BCUT2D eigenvalue weighted by Gasteiger charge is 2.33. The molecule has 0 spiro atoms. The SMILES string of the molecule is CN(Cc1ccc(F)cc1)c1cc(C(F)(F)F)ncc1N. The van der Waals surface area contributed by atoms with Crippen LogP contribution in [-0.2, 0) is 12.7 Å². The molecular weight excluding hydrogens is 286 g/mol. The highest BCUT2D eigenvalue weighted by atomic mass is 19.4. The molecule has 2 N–H and O–H groups in total. The lowest BCUT2D eigenvalue weighted by Gasteiger charge is -2.22. The predicted octanol–water partition coefficient (Wildman–Crippen LogP) is 3.46. The minimum absolute atomic E-state index is 0.146. The van der Waals surface area contributed by atoms with E-state index in [9.17, 15) is 17.6 Å². The zero-order chi connectivity index (χ0) is 15.6. The molecule has 1 aromatic heterocycles. The van der Waals surface area contributed by atoms with Crippen molar-refractivity contribution in [3.63, 3.8) is 0 Å². The summed E-state index contributed by atoms with van der Waals surface area (Å²) in [7, 11) is 1.61. The Labute approximate surface area is 119 Å². The number of nitrogens with zero attached hydrogens (tertiary/aromatic N) is 2. The fourth-order valence-electron chi connectivity index (χ4n) is 1.89. The van der Waals surface area contributed by atoms with E-state index in [-0.39, 0.29) is 17.2 Å². The number of hydrogen-bond donors (Lipinski definition) is 1. The fourth-order valence-corrected chi connectivity index (χ4v) is 1.89. The second-order valence-electron chi connectivity index (χ2n) is 4.61. The molecule has 21 heavy (non-hydrogen) atoms. The van der Waals surface area contributed by atoms with Crippen LogP contribution in [0.25, 0.3) is 0 Å². The van der Waals surface area contributed by atoms with Crippen LogP contribution in [0.4, 0.5) is 28.9 Å². The summed E-state index contributed by atoms with van der Waals surface area (Å²) in [5, 5.41) is 0. The maximum absolute atomic E-state index is 12.8. The van der Waals surface area contributed by atoms with E-state index in [1.165, 1.54) is 12.1 Å². The van der Waals surface area contributed by atoms with E-state index in [0.29, 0.717) is 6.54 Å². The zero-order valence-corrected chi connectivity index (χ0v) is 11.2. The van der Waals surface area contributed by atoms with Gasteiger partial charge in [-0.2, -0.15) is 13.2 Å². The van der Waals surface area contributed by atoms with Crippen LogP contribution in [0.2, 0.25) is 0 Å². The molecule has 2 aromatic rings. The highest BCUT2D eigenvalue weighted by Crippen LogP contribution is 2.32. The van der Waals surface area contributed by atoms with Gasteiger partial charge in [-0.05, 0) is 23.8 Å². The molecule has 0 atom stereocenters. The van der Waals surface area contributed by atoms with E-state index >= 15 is 0 Å². The molecule has 112 valence electrons. The third-order valence-corrected chi connectivity index (χ3v) is 2.95. The second-order valence-corrected chi connectivity index (χ2v) is 4.61. The van der Waals surface area contributed by atoms with Crippen molar-refractivity contribution in [1.29, 1.82) is 0 Å². The molecule has 7 heteroatoms. The normalized spacial score (nSPS) is 11.5. The number of halogens is 4. The molecule has 0 amide bonds. The van der Waals surface area contributed by atoms with Gasteiger partial charge in [-0.1, -0.05) is 12.1 Å². The summed E-state index contributed by atoms with van der Waals surface area (Å²) in [5.74, 6) is -0.371. The molecule has 0 unspecified atom stereocenters. The summed E-state index contributed by atoms with van der Waals surface area (Å²) in [4.78, 5) is 4.84. The minimum Gasteiger partial charge on any atom is -0.396 e. The first-order valence-electron chi connectivity index (χ1n) is 6.05. The van der Waals surface area contributed by atoms with Crippen molar-refractivity contribution in [3.8, 4) is 0 Å². The van der Waals surface area contributed by atoms with Crippen molar-refractivity contribution in [3.05, 3.63) is 53.6 Å². The van der Waals surface area contributed by atoms with Crippen molar-refractivity contribution in [2.75, 3.05) is 17.7 Å². The van der Waals surface area contributed by atoms with Crippen LogP contribution in [0.1, 0.15) is 11.3 Å². The van der Waals surface area contributed by atoms with Crippen molar-refractivity contribution in [2.45, 2.75) is 12.7 Å². The van der Waals surface area contributed by atoms with Gasteiger partial charge in [-0.25, -0.2) is 9.37 Å². The number of aromatic nitrogens is 1. The molecule has 0 fully saturated rings. The Morgan fingerprint density at radius 3 is 2.38 bits per heavy atom. The van der Waals surface area contributed by atoms with Crippen LogP contribution in [0.15, 0.2) is 36.5 Å². The molecule has 0 bridgehead atoms. The van der Waals surface area contributed by atoms with Crippen LogP contribution in [0.3, 0.4) is 0 Å². The number of pyridine rings is 1. The van der Waals surface area contributed by atoms with Crippen LogP contribution >= 0.6 is 0 Å². The van der Waals surface area contributed by atoms with Gasteiger partial charge >= 0.3 is 6.18 Å². The highest BCUT2D eigenvalue weighted by molar-refractivity contribution is 5.66. The van der Waals surface area contributed by atoms with E-state index in [1.807, 2.05) is 0 Å². The van der Waals surface area contributed by atoms with Crippen molar-refractivity contribution < 1.29 is 17.6 Å². The Bertz CT molecular complexity index is 623. The summed E-state index contributed by atoms with van der Waals surface area (Å²) < 4.78 is 50.8. The van der Waals surface area contributed by atoms with E-state index in [2.05, 4.69) is 4.98 Å². The lowest BCUT2D eigenvalue weighted by atomic mass is 10.2. The summed E-state index contributed by atoms with van der Waals surface area (Å²) in [6.07, 6.45) is -3.54. The van der Waals surface area contributed by atoms with Gasteiger partial charge in [0.05, 0.1) is 17.6 Å². The van der Waals surface area contributed by atoms with Crippen LogP contribution < -0.4 is 10.6 Å². The van der Waals surface area contributed by atoms with Crippen molar-refractivity contribution >= 4 is 11.4 Å². The van der Waals surface area contributed by atoms with Crippen molar-refractivity contribution in [2.24, 2.45) is 0 Å². The van der Waals surface area contributed by atoms with Gasteiger partial charge in [-0.15, -0.1) is 0 Å². The maximum atomic E-state index is 12.8. The molecule has 0 aliphatic heterocycles. The van der Waals surface area contributed by atoms with Gasteiger partial charge in [0.15, 0.2) is 0 Å². The lowest BCUT2D eigenvalue weighted by Crippen LogP contribution is -2.19. The van der Waals surface area contributed by atoms with Crippen molar-refractivity contribution in [1.82, 2.24) is 4.98 Å². The maximum Gasteiger partial charge on any atom is 0.433 e. The quantitative estimate of drug-likeness (QED) is 0.883. The third-order valence-electron chi connectivity index (χ3n) is 2.95. The summed E-state index contributed by atoms with van der Waals surface area (Å²) in [6.45, 7) is 0.297. The van der Waals surface area contributed by atoms with Crippen LogP contribution in [0.5, 0.6) is 0 Å². The number of hydrogen-bond acceptors (Lipinski definition) is 3. The van der Waals surface area contributed by atoms with E-state index in [1.54, 1.807) is 24.1 Å². The molecule has 2 rings (SSSR count). The third kappa shape index (κ3) is 3.62. The Morgan fingerprint density at radius 1 is 1.19 bits per heavy atom. The lowest BCUT2D eigenvalue weighted by molar-refractivity contribution is -0.141. The number of anilines is 2. The molecule has 1 heterocycles. The first-order valence-corrected chi connectivity index (χ1v) is 6.05. The van der Waals surface area contributed by atoms with Crippen LogP contribution in [-0.4, -0.2) is 12.0 Å². The summed E-state index contributed by atoms with van der Waals surface area (Å²) >= 11 is 0.